The molecule has 8 heteroatoms. The van der Waals surface area contributed by atoms with Gasteiger partial charge in [0.1, 0.15) is 5.25 Å². The third-order valence-corrected chi connectivity index (χ3v) is 5.52. The molecular formula is C9H17F3N2O2S. The molecule has 0 aromatic carbocycles. The molecule has 102 valence electrons. The van der Waals surface area contributed by atoms with Crippen LogP contribution in [0.15, 0.2) is 0 Å². The van der Waals surface area contributed by atoms with Crippen molar-refractivity contribution < 1.29 is 21.6 Å². The molecule has 4 nitrogen and oxygen atoms in total. The molecule has 2 unspecified atom stereocenters. The Balaban J connectivity index is 2.99. The van der Waals surface area contributed by atoms with E-state index < -0.39 is 27.4 Å². The van der Waals surface area contributed by atoms with Crippen molar-refractivity contribution in [1.29, 1.82) is 0 Å². The molecule has 0 amide bonds. The number of hydrogen-bond donors (Lipinski definition) is 1. The predicted octanol–water partition coefficient (Wildman–Crippen LogP) is 0.808. The molecule has 0 saturated carbocycles. The highest BCUT2D eigenvalue weighted by Crippen LogP contribution is 2.34. The lowest BCUT2D eigenvalue weighted by Crippen LogP contribution is -2.45. The molecule has 0 bridgehead atoms. The molecule has 0 aromatic heterocycles. The number of alkyl halides is 3. The second-order valence-electron chi connectivity index (χ2n) is 3.97. The van der Waals surface area contributed by atoms with Gasteiger partial charge in [-0.05, 0) is 0 Å². The summed E-state index contributed by atoms with van der Waals surface area (Å²) in [5, 5.41) is 1.11. The van der Waals surface area contributed by atoms with Crippen LogP contribution in [-0.4, -0.2) is 50.3 Å². The first-order valence-corrected chi connectivity index (χ1v) is 7.01. The highest BCUT2D eigenvalue weighted by Gasteiger charge is 2.53. The molecule has 1 aliphatic heterocycles. The van der Waals surface area contributed by atoms with Crippen molar-refractivity contribution in [2.24, 2.45) is 5.92 Å². The Labute approximate surface area is 99.2 Å². The summed E-state index contributed by atoms with van der Waals surface area (Å²) in [4.78, 5) is 0. The van der Waals surface area contributed by atoms with Crippen LogP contribution < -0.4 is 5.32 Å². The zero-order valence-corrected chi connectivity index (χ0v) is 10.6. The first-order chi connectivity index (χ1) is 7.75. The smallest absolute Gasteiger partial charge is 0.315 e. The second kappa shape index (κ2) is 5.11. The normalized spacial score (nSPS) is 26.7. The highest BCUT2D eigenvalue weighted by molar-refractivity contribution is 7.89. The van der Waals surface area contributed by atoms with E-state index in [1.165, 1.54) is 0 Å². The van der Waals surface area contributed by atoms with E-state index in [1.54, 1.807) is 13.8 Å². The van der Waals surface area contributed by atoms with Gasteiger partial charge in [-0.25, -0.2) is 12.7 Å². The molecule has 1 saturated heterocycles. The van der Waals surface area contributed by atoms with Crippen molar-refractivity contribution in [1.82, 2.24) is 9.62 Å². The van der Waals surface area contributed by atoms with Gasteiger partial charge in [-0.1, -0.05) is 13.8 Å². The topological polar surface area (TPSA) is 49.4 Å². The molecule has 1 heterocycles. The summed E-state index contributed by atoms with van der Waals surface area (Å²) in [6.07, 6.45) is -4.48. The lowest BCUT2D eigenvalue weighted by Gasteiger charge is -2.27. The van der Waals surface area contributed by atoms with Crippen LogP contribution in [0.4, 0.5) is 13.2 Å². The molecule has 17 heavy (non-hydrogen) atoms. The molecule has 0 spiro atoms. The Kier molecular flexibility index (Phi) is 4.43. The number of hydrogen-bond acceptors (Lipinski definition) is 3. The minimum atomic E-state index is -4.48. The van der Waals surface area contributed by atoms with E-state index >= 15 is 0 Å². The average Bonchev–Trinajstić information content (AvgIpc) is 2.67. The van der Waals surface area contributed by atoms with E-state index in [4.69, 9.17) is 0 Å². The Morgan fingerprint density at radius 3 is 2.18 bits per heavy atom. The van der Waals surface area contributed by atoms with E-state index in [9.17, 15) is 21.6 Å². The number of nitrogens with one attached hydrogen (secondary N) is 1. The van der Waals surface area contributed by atoms with Gasteiger partial charge in [0.15, 0.2) is 0 Å². The quantitative estimate of drug-likeness (QED) is 0.825. The third kappa shape index (κ3) is 2.92. The minimum Gasteiger partial charge on any atom is -0.315 e. The molecule has 1 rings (SSSR count). The Hall–Kier alpha value is -0.340. The Bertz CT molecular complexity index is 352. The van der Waals surface area contributed by atoms with E-state index in [2.05, 4.69) is 5.32 Å². The van der Waals surface area contributed by atoms with Crippen LogP contribution in [0, 0.1) is 5.92 Å². The molecular weight excluding hydrogens is 257 g/mol. The fourth-order valence-corrected chi connectivity index (χ4v) is 4.17. The summed E-state index contributed by atoms with van der Waals surface area (Å²) in [5.41, 5.74) is 0. The fourth-order valence-electron chi connectivity index (χ4n) is 2.07. The summed E-state index contributed by atoms with van der Waals surface area (Å²) in [6.45, 7) is 3.16. The van der Waals surface area contributed by atoms with Crippen molar-refractivity contribution >= 4 is 10.0 Å². The van der Waals surface area contributed by atoms with Gasteiger partial charge in [0.2, 0.25) is 10.0 Å². The first-order valence-electron chi connectivity index (χ1n) is 5.51. The molecule has 1 aliphatic rings. The summed E-state index contributed by atoms with van der Waals surface area (Å²) in [6, 6.07) is 0. The lowest BCUT2D eigenvalue weighted by atomic mass is 10.1. The number of sulfonamides is 1. The minimum absolute atomic E-state index is 0.136. The molecule has 2 atom stereocenters. The predicted molar refractivity (Wildman–Crippen MR) is 58.0 cm³/mol. The third-order valence-electron chi connectivity index (χ3n) is 3.03. The second-order valence-corrected chi connectivity index (χ2v) is 6.13. The van der Waals surface area contributed by atoms with E-state index in [0.717, 1.165) is 4.31 Å². The largest absolute Gasteiger partial charge is 0.394 e. The van der Waals surface area contributed by atoms with Crippen molar-refractivity contribution in [2.45, 2.75) is 25.3 Å². The maximum absolute atomic E-state index is 12.7. The maximum Gasteiger partial charge on any atom is 0.394 e. The summed E-state index contributed by atoms with van der Waals surface area (Å²) < 4.78 is 63.2. The van der Waals surface area contributed by atoms with Gasteiger partial charge in [0.05, 0.1) is 5.92 Å². The van der Waals surface area contributed by atoms with E-state index in [0.29, 0.717) is 0 Å². The van der Waals surface area contributed by atoms with E-state index in [1.807, 2.05) is 0 Å². The Morgan fingerprint density at radius 2 is 1.76 bits per heavy atom. The van der Waals surface area contributed by atoms with Crippen LogP contribution in [0.5, 0.6) is 0 Å². The average molecular weight is 274 g/mol. The van der Waals surface area contributed by atoms with Gasteiger partial charge in [-0.15, -0.1) is 0 Å². The summed E-state index contributed by atoms with van der Waals surface area (Å²) >= 11 is 0. The zero-order chi connectivity index (χ0) is 13.3. The first kappa shape index (κ1) is 14.7. The Morgan fingerprint density at radius 1 is 1.24 bits per heavy atom. The van der Waals surface area contributed by atoms with Crippen LogP contribution >= 0.6 is 0 Å². The van der Waals surface area contributed by atoms with E-state index in [-0.39, 0.29) is 26.2 Å². The van der Waals surface area contributed by atoms with Crippen LogP contribution in [0.25, 0.3) is 0 Å². The van der Waals surface area contributed by atoms with Gasteiger partial charge in [0.25, 0.3) is 0 Å². The molecule has 1 N–H and O–H groups in total. The standard InChI is InChI=1S/C9H17F3N2O2S/c1-3-14(4-2)17(15,16)8-6-13-5-7(8)9(10,11)12/h7-8,13H,3-6H2,1-2H3. The molecule has 0 aliphatic carbocycles. The monoisotopic (exact) mass is 274 g/mol. The summed E-state index contributed by atoms with van der Waals surface area (Å²) in [7, 11) is -3.88. The maximum atomic E-state index is 12.7. The van der Waals surface area contributed by atoms with Crippen molar-refractivity contribution in [3.05, 3.63) is 0 Å². The van der Waals surface area contributed by atoms with Crippen molar-refractivity contribution in [2.75, 3.05) is 26.2 Å². The summed E-state index contributed by atoms with van der Waals surface area (Å²) in [5.74, 6) is -1.81. The molecule has 0 aromatic rings. The van der Waals surface area contributed by atoms with Gasteiger partial charge in [-0.3, -0.25) is 0 Å². The zero-order valence-electron chi connectivity index (χ0n) is 9.79. The molecule has 0 radical (unpaired) electrons. The van der Waals surface area contributed by atoms with Gasteiger partial charge < -0.3 is 5.32 Å². The SMILES string of the molecule is CCN(CC)S(=O)(=O)C1CNCC1C(F)(F)F. The van der Waals surface area contributed by atoms with Gasteiger partial charge >= 0.3 is 6.18 Å². The van der Waals surface area contributed by atoms with Crippen LogP contribution in [0.1, 0.15) is 13.8 Å². The van der Waals surface area contributed by atoms with Crippen LogP contribution in [-0.2, 0) is 10.0 Å². The van der Waals surface area contributed by atoms with Crippen molar-refractivity contribution in [3.63, 3.8) is 0 Å². The fraction of sp³-hybridized carbons (Fsp3) is 1.00. The number of rotatable bonds is 4. The van der Waals surface area contributed by atoms with Gasteiger partial charge in [-0.2, -0.15) is 13.2 Å². The van der Waals surface area contributed by atoms with Crippen LogP contribution in [0.2, 0.25) is 0 Å². The molecule has 1 fully saturated rings. The van der Waals surface area contributed by atoms with Crippen LogP contribution in [0.3, 0.4) is 0 Å². The highest BCUT2D eigenvalue weighted by atomic mass is 32.2. The lowest BCUT2D eigenvalue weighted by molar-refractivity contribution is -0.167. The van der Waals surface area contributed by atoms with Gasteiger partial charge in [0, 0.05) is 26.2 Å². The van der Waals surface area contributed by atoms with Crippen molar-refractivity contribution in [3.8, 4) is 0 Å². The number of nitrogens with zero attached hydrogens (tertiary/aromatic N) is 1. The number of halogens is 3.